The quantitative estimate of drug-likeness (QED) is 0.828. The average molecular weight is 335 g/mol. The molecule has 0 unspecified atom stereocenters. The highest BCUT2D eigenvalue weighted by Crippen LogP contribution is 2.32. The van der Waals surface area contributed by atoms with E-state index in [1.165, 1.54) is 42.5 Å². The van der Waals surface area contributed by atoms with Crippen molar-refractivity contribution < 1.29 is 27.9 Å². The van der Waals surface area contributed by atoms with Crippen LogP contribution in [0.25, 0.3) is 6.08 Å². The van der Waals surface area contributed by atoms with E-state index >= 15 is 0 Å². The monoisotopic (exact) mass is 335 g/mol. The standard InChI is InChI=1S/C17H12F3NO3/c18-17(19,20)13-7-3-1-5-11(13)9-10-15(22)21-14-8-4-2-6-12(14)16(23)24/h1-10H,(H,21,22)(H,23,24)/b10-9+. The molecule has 7 heteroatoms. The van der Waals surface area contributed by atoms with Crippen LogP contribution in [0.2, 0.25) is 0 Å². The number of anilines is 1. The van der Waals surface area contributed by atoms with Gasteiger partial charge < -0.3 is 10.4 Å². The highest BCUT2D eigenvalue weighted by molar-refractivity contribution is 6.06. The van der Waals surface area contributed by atoms with Gasteiger partial charge in [-0.3, -0.25) is 4.79 Å². The Morgan fingerprint density at radius 2 is 1.62 bits per heavy atom. The molecule has 2 N–H and O–H groups in total. The molecule has 2 aromatic rings. The lowest BCUT2D eigenvalue weighted by Crippen LogP contribution is -2.12. The minimum Gasteiger partial charge on any atom is -0.478 e. The molecule has 0 bridgehead atoms. The van der Waals surface area contributed by atoms with Crippen molar-refractivity contribution >= 4 is 23.6 Å². The first-order chi connectivity index (χ1) is 11.3. The molecule has 1 amide bonds. The molecule has 0 aromatic heterocycles. The zero-order valence-electron chi connectivity index (χ0n) is 12.2. The Labute approximate surface area is 135 Å². The average Bonchev–Trinajstić information content (AvgIpc) is 2.52. The molecule has 0 fully saturated rings. The summed E-state index contributed by atoms with van der Waals surface area (Å²) >= 11 is 0. The maximum Gasteiger partial charge on any atom is 0.416 e. The van der Waals surface area contributed by atoms with E-state index in [1.54, 1.807) is 0 Å². The van der Waals surface area contributed by atoms with Gasteiger partial charge in [-0.2, -0.15) is 13.2 Å². The van der Waals surface area contributed by atoms with Gasteiger partial charge in [-0.1, -0.05) is 30.3 Å². The van der Waals surface area contributed by atoms with Gasteiger partial charge in [-0.05, 0) is 29.8 Å². The first kappa shape index (κ1) is 17.3. The largest absolute Gasteiger partial charge is 0.478 e. The molecule has 0 aliphatic carbocycles. The number of carbonyl (C=O) groups is 2. The van der Waals surface area contributed by atoms with Gasteiger partial charge in [0.25, 0.3) is 0 Å². The van der Waals surface area contributed by atoms with Gasteiger partial charge in [0.2, 0.25) is 5.91 Å². The molecule has 124 valence electrons. The fourth-order valence-corrected chi connectivity index (χ4v) is 2.02. The maximum absolute atomic E-state index is 12.9. The van der Waals surface area contributed by atoms with Crippen molar-refractivity contribution in [2.24, 2.45) is 0 Å². The zero-order chi connectivity index (χ0) is 17.7. The van der Waals surface area contributed by atoms with Crippen molar-refractivity contribution in [1.82, 2.24) is 0 Å². The highest BCUT2D eigenvalue weighted by Gasteiger charge is 2.32. The van der Waals surface area contributed by atoms with E-state index in [2.05, 4.69) is 5.32 Å². The number of hydrogen-bond donors (Lipinski definition) is 2. The van der Waals surface area contributed by atoms with E-state index in [1.807, 2.05) is 0 Å². The first-order valence-electron chi connectivity index (χ1n) is 6.76. The van der Waals surface area contributed by atoms with Crippen LogP contribution in [0.15, 0.2) is 54.6 Å². The lowest BCUT2D eigenvalue weighted by molar-refractivity contribution is -0.137. The van der Waals surface area contributed by atoms with Gasteiger partial charge in [0.1, 0.15) is 0 Å². The molecule has 0 saturated carbocycles. The summed E-state index contributed by atoms with van der Waals surface area (Å²) in [6.45, 7) is 0. The minimum atomic E-state index is -4.53. The Morgan fingerprint density at radius 1 is 1.00 bits per heavy atom. The molecule has 0 saturated heterocycles. The van der Waals surface area contributed by atoms with E-state index in [0.29, 0.717) is 0 Å². The number of rotatable bonds is 4. The van der Waals surface area contributed by atoms with Gasteiger partial charge in [0.05, 0.1) is 16.8 Å². The molecule has 0 aliphatic heterocycles. The van der Waals surface area contributed by atoms with E-state index in [-0.39, 0.29) is 16.8 Å². The lowest BCUT2D eigenvalue weighted by Gasteiger charge is -2.09. The number of alkyl halides is 3. The van der Waals surface area contributed by atoms with Gasteiger partial charge >= 0.3 is 12.1 Å². The number of para-hydroxylation sites is 1. The van der Waals surface area contributed by atoms with Crippen molar-refractivity contribution in [3.8, 4) is 0 Å². The fourth-order valence-electron chi connectivity index (χ4n) is 2.02. The van der Waals surface area contributed by atoms with Crippen molar-refractivity contribution in [1.29, 1.82) is 0 Å². The maximum atomic E-state index is 12.9. The second kappa shape index (κ2) is 6.99. The number of aromatic carboxylic acids is 1. The predicted octanol–water partition coefficient (Wildman–Crippen LogP) is 4.06. The van der Waals surface area contributed by atoms with Crippen LogP contribution in [0, 0.1) is 0 Å². The number of halogens is 3. The predicted molar refractivity (Wildman–Crippen MR) is 82.5 cm³/mol. The Kier molecular flexibility index (Phi) is 5.03. The van der Waals surface area contributed by atoms with Crippen LogP contribution in [0.5, 0.6) is 0 Å². The van der Waals surface area contributed by atoms with E-state index < -0.39 is 23.6 Å². The molecule has 4 nitrogen and oxygen atoms in total. The van der Waals surface area contributed by atoms with Gasteiger partial charge in [0.15, 0.2) is 0 Å². The number of benzene rings is 2. The molecule has 0 aliphatic rings. The Hall–Kier alpha value is -3.09. The minimum absolute atomic E-state index is 0.0590. The normalized spacial score (nSPS) is 11.5. The van der Waals surface area contributed by atoms with E-state index in [0.717, 1.165) is 18.2 Å². The van der Waals surface area contributed by atoms with Crippen LogP contribution in [-0.4, -0.2) is 17.0 Å². The number of carboxylic acids is 1. The van der Waals surface area contributed by atoms with Gasteiger partial charge in [0, 0.05) is 6.08 Å². The van der Waals surface area contributed by atoms with Crippen LogP contribution in [0.3, 0.4) is 0 Å². The van der Waals surface area contributed by atoms with Crippen molar-refractivity contribution in [3.63, 3.8) is 0 Å². The second-order valence-electron chi connectivity index (χ2n) is 4.76. The lowest BCUT2D eigenvalue weighted by atomic mass is 10.1. The topological polar surface area (TPSA) is 66.4 Å². The number of amides is 1. The van der Waals surface area contributed by atoms with E-state index in [4.69, 9.17) is 5.11 Å². The summed E-state index contributed by atoms with van der Waals surface area (Å²) in [4.78, 5) is 22.9. The smallest absolute Gasteiger partial charge is 0.416 e. The first-order valence-corrected chi connectivity index (χ1v) is 6.76. The molecule has 2 aromatic carbocycles. The summed E-state index contributed by atoms with van der Waals surface area (Å²) in [5.41, 5.74) is -1.08. The molecule has 0 atom stereocenters. The molecule has 24 heavy (non-hydrogen) atoms. The number of hydrogen-bond acceptors (Lipinski definition) is 2. The fraction of sp³-hybridized carbons (Fsp3) is 0.0588. The summed E-state index contributed by atoms with van der Waals surface area (Å²) in [6.07, 6.45) is -2.59. The van der Waals surface area contributed by atoms with Crippen LogP contribution < -0.4 is 5.32 Å². The number of nitrogens with one attached hydrogen (secondary N) is 1. The van der Waals surface area contributed by atoms with Crippen LogP contribution in [0.4, 0.5) is 18.9 Å². The summed E-state index contributed by atoms with van der Waals surface area (Å²) in [7, 11) is 0. The SMILES string of the molecule is O=C(/C=C/c1ccccc1C(F)(F)F)Nc1ccccc1C(=O)O. The third kappa shape index (κ3) is 4.22. The van der Waals surface area contributed by atoms with Crippen molar-refractivity contribution in [2.75, 3.05) is 5.32 Å². The Morgan fingerprint density at radius 3 is 2.29 bits per heavy atom. The highest BCUT2D eigenvalue weighted by atomic mass is 19.4. The number of carbonyl (C=O) groups excluding carboxylic acids is 1. The number of carboxylic acid groups (broad SMARTS) is 1. The molecule has 0 spiro atoms. The van der Waals surface area contributed by atoms with Gasteiger partial charge in [-0.25, -0.2) is 4.79 Å². The Balaban J connectivity index is 2.20. The third-order valence-corrected chi connectivity index (χ3v) is 3.10. The van der Waals surface area contributed by atoms with E-state index in [9.17, 15) is 22.8 Å². The molecular weight excluding hydrogens is 323 g/mol. The van der Waals surface area contributed by atoms with Crippen molar-refractivity contribution in [3.05, 3.63) is 71.3 Å². The molecule has 2 rings (SSSR count). The zero-order valence-corrected chi connectivity index (χ0v) is 12.2. The molecule has 0 heterocycles. The second-order valence-corrected chi connectivity index (χ2v) is 4.76. The summed E-state index contributed by atoms with van der Waals surface area (Å²) in [6, 6.07) is 10.5. The van der Waals surface area contributed by atoms with Crippen molar-refractivity contribution in [2.45, 2.75) is 6.18 Å². The van der Waals surface area contributed by atoms with Crippen LogP contribution >= 0.6 is 0 Å². The Bertz CT molecular complexity index is 798. The molecule has 0 radical (unpaired) electrons. The summed E-state index contributed by atoms with van der Waals surface area (Å²) < 4.78 is 38.6. The van der Waals surface area contributed by atoms with Crippen LogP contribution in [-0.2, 0) is 11.0 Å². The summed E-state index contributed by atoms with van der Waals surface area (Å²) in [5.74, 6) is -1.96. The van der Waals surface area contributed by atoms with Gasteiger partial charge in [-0.15, -0.1) is 0 Å². The third-order valence-electron chi connectivity index (χ3n) is 3.10. The van der Waals surface area contributed by atoms with Crippen LogP contribution in [0.1, 0.15) is 21.5 Å². The summed E-state index contributed by atoms with van der Waals surface area (Å²) in [5, 5.41) is 11.4. The molecular formula is C17H12F3NO3.